The summed E-state index contributed by atoms with van der Waals surface area (Å²) >= 11 is 3.31. The number of pyridine rings is 1. The van der Waals surface area contributed by atoms with Crippen LogP contribution in [0, 0.1) is 0 Å². The molecule has 0 amide bonds. The number of aromatic nitrogens is 1. The Labute approximate surface area is 125 Å². The predicted octanol–water partition coefficient (Wildman–Crippen LogP) is 2.50. The highest BCUT2D eigenvalue weighted by Crippen LogP contribution is 2.26. The van der Waals surface area contributed by atoms with Gasteiger partial charge in [0.1, 0.15) is 5.75 Å². The molecule has 0 radical (unpaired) electrons. The predicted molar refractivity (Wildman–Crippen MR) is 79.5 cm³/mol. The van der Waals surface area contributed by atoms with Crippen molar-refractivity contribution in [2.45, 2.75) is 11.4 Å². The largest absolute Gasteiger partial charge is 0.439 e. The third kappa shape index (κ3) is 3.56. The van der Waals surface area contributed by atoms with E-state index in [4.69, 9.17) is 10.5 Å². The molecule has 1 heterocycles. The van der Waals surface area contributed by atoms with E-state index in [1.807, 2.05) is 6.07 Å². The third-order valence-electron chi connectivity index (χ3n) is 2.58. The van der Waals surface area contributed by atoms with Gasteiger partial charge in [0, 0.05) is 29.0 Å². The van der Waals surface area contributed by atoms with Crippen molar-refractivity contribution in [2.75, 3.05) is 6.26 Å². The van der Waals surface area contributed by atoms with Gasteiger partial charge in [0.05, 0.1) is 4.90 Å². The minimum atomic E-state index is -3.21. The summed E-state index contributed by atoms with van der Waals surface area (Å²) in [5.41, 5.74) is 6.39. The van der Waals surface area contributed by atoms with Gasteiger partial charge in [-0.1, -0.05) is 0 Å². The second kappa shape index (κ2) is 5.90. The average Bonchev–Trinajstić information content (AvgIpc) is 2.40. The standard InChI is InChI=1S/C13H13BrN2O3S/c1-20(17,18)12-4-2-11(3-5-12)19-13-9(7-15)6-10(14)8-16-13/h2-6,8H,7,15H2,1H3. The fraction of sp³-hybridized carbons (Fsp3) is 0.154. The highest BCUT2D eigenvalue weighted by molar-refractivity contribution is 9.10. The maximum Gasteiger partial charge on any atom is 0.223 e. The van der Waals surface area contributed by atoms with Crippen LogP contribution in [-0.4, -0.2) is 19.7 Å². The quantitative estimate of drug-likeness (QED) is 0.909. The summed E-state index contributed by atoms with van der Waals surface area (Å²) < 4.78 is 29.2. The summed E-state index contributed by atoms with van der Waals surface area (Å²) in [5, 5.41) is 0. The maximum atomic E-state index is 11.4. The van der Waals surface area contributed by atoms with E-state index >= 15 is 0 Å². The molecule has 0 spiro atoms. The first-order valence-electron chi connectivity index (χ1n) is 5.72. The van der Waals surface area contributed by atoms with Crippen LogP contribution < -0.4 is 10.5 Å². The molecule has 5 nitrogen and oxygen atoms in total. The monoisotopic (exact) mass is 356 g/mol. The molecule has 0 aliphatic carbocycles. The van der Waals surface area contributed by atoms with E-state index in [-0.39, 0.29) is 4.90 Å². The Morgan fingerprint density at radius 3 is 2.50 bits per heavy atom. The van der Waals surface area contributed by atoms with Gasteiger partial charge in [0.25, 0.3) is 0 Å². The maximum absolute atomic E-state index is 11.4. The summed E-state index contributed by atoms with van der Waals surface area (Å²) in [6.45, 7) is 0.295. The molecule has 1 aromatic carbocycles. The first kappa shape index (κ1) is 15.0. The molecular formula is C13H13BrN2O3S. The third-order valence-corrected chi connectivity index (χ3v) is 4.14. The highest BCUT2D eigenvalue weighted by Gasteiger charge is 2.09. The Morgan fingerprint density at radius 2 is 1.95 bits per heavy atom. The number of ether oxygens (including phenoxy) is 1. The number of rotatable bonds is 4. The molecule has 0 atom stereocenters. The van der Waals surface area contributed by atoms with Gasteiger partial charge in [-0.15, -0.1) is 0 Å². The molecular weight excluding hydrogens is 344 g/mol. The van der Waals surface area contributed by atoms with Crippen LogP contribution in [-0.2, 0) is 16.4 Å². The lowest BCUT2D eigenvalue weighted by Crippen LogP contribution is -2.01. The number of nitrogens with two attached hydrogens (primary N) is 1. The zero-order valence-electron chi connectivity index (χ0n) is 10.7. The van der Waals surface area contributed by atoms with Crippen molar-refractivity contribution in [3.8, 4) is 11.6 Å². The lowest BCUT2D eigenvalue weighted by Gasteiger charge is -2.09. The molecule has 0 fully saturated rings. The molecule has 2 rings (SSSR count). The van der Waals surface area contributed by atoms with Gasteiger partial charge in [0.2, 0.25) is 5.88 Å². The second-order valence-corrected chi connectivity index (χ2v) is 7.10. The molecule has 0 aliphatic heterocycles. The zero-order valence-corrected chi connectivity index (χ0v) is 13.1. The van der Waals surface area contributed by atoms with Crippen LogP contribution in [0.5, 0.6) is 11.6 Å². The van der Waals surface area contributed by atoms with Gasteiger partial charge >= 0.3 is 0 Å². The number of nitrogens with zero attached hydrogens (tertiary/aromatic N) is 1. The fourth-order valence-electron chi connectivity index (χ4n) is 1.57. The highest BCUT2D eigenvalue weighted by atomic mass is 79.9. The van der Waals surface area contributed by atoms with Crippen molar-refractivity contribution in [1.82, 2.24) is 4.98 Å². The Balaban J connectivity index is 2.27. The second-order valence-electron chi connectivity index (χ2n) is 4.17. The first-order valence-corrected chi connectivity index (χ1v) is 8.41. The summed E-state index contributed by atoms with van der Waals surface area (Å²) in [7, 11) is -3.21. The van der Waals surface area contributed by atoms with Crippen LogP contribution in [0.4, 0.5) is 0 Å². The Bertz CT molecular complexity index is 715. The molecule has 0 bridgehead atoms. The van der Waals surface area contributed by atoms with E-state index < -0.39 is 9.84 Å². The topological polar surface area (TPSA) is 82.3 Å². The summed E-state index contributed by atoms with van der Waals surface area (Å²) in [4.78, 5) is 4.39. The normalized spacial score (nSPS) is 11.3. The summed E-state index contributed by atoms with van der Waals surface area (Å²) in [5.74, 6) is 0.907. The number of halogens is 1. The van der Waals surface area contributed by atoms with E-state index in [1.54, 1.807) is 18.3 Å². The zero-order chi connectivity index (χ0) is 14.8. The lowest BCUT2D eigenvalue weighted by molar-refractivity contribution is 0.455. The molecule has 0 saturated carbocycles. The smallest absolute Gasteiger partial charge is 0.223 e. The SMILES string of the molecule is CS(=O)(=O)c1ccc(Oc2ncc(Br)cc2CN)cc1. The Morgan fingerprint density at radius 1 is 1.30 bits per heavy atom. The van der Waals surface area contributed by atoms with Gasteiger partial charge in [0.15, 0.2) is 9.84 Å². The van der Waals surface area contributed by atoms with Crippen LogP contribution in [0.2, 0.25) is 0 Å². The Kier molecular flexibility index (Phi) is 4.42. The van der Waals surface area contributed by atoms with Gasteiger partial charge in [-0.2, -0.15) is 0 Å². The van der Waals surface area contributed by atoms with E-state index in [2.05, 4.69) is 20.9 Å². The van der Waals surface area contributed by atoms with Crippen LogP contribution in [0.1, 0.15) is 5.56 Å². The molecule has 0 aliphatic rings. The van der Waals surface area contributed by atoms with Crippen LogP contribution >= 0.6 is 15.9 Å². The van der Waals surface area contributed by atoms with E-state index in [0.717, 1.165) is 16.3 Å². The van der Waals surface area contributed by atoms with Crippen molar-refractivity contribution in [3.63, 3.8) is 0 Å². The molecule has 1 aromatic heterocycles. The lowest BCUT2D eigenvalue weighted by atomic mass is 10.3. The summed E-state index contributed by atoms with van der Waals surface area (Å²) in [6, 6.07) is 7.98. The van der Waals surface area contributed by atoms with Crippen molar-refractivity contribution in [1.29, 1.82) is 0 Å². The van der Waals surface area contributed by atoms with E-state index in [9.17, 15) is 8.42 Å². The molecule has 0 unspecified atom stereocenters. The first-order chi connectivity index (χ1) is 9.40. The molecule has 2 aromatic rings. The number of sulfone groups is 1. The van der Waals surface area contributed by atoms with Crippen molar-refractivity contribution in [2.24, 2.45) is 5.73 Å². The molecule has 7 heteroatoms. The number of hydrogen-bond acceptors (Lipinski definition) is 5. The minimum Gasteiger partial charge on any atom is -0.439 e. The van der Waals surface area contributed by atoms with E-state index in [1.165, 1.54) is 12.1 Å². The van der Waals surface area contributed by atoms with Crippen molar-refractivity contribution < 1.29 is 13.2 Å². The molecule has 106 valence electrons. The fourth-order valence-corrected chi connectivity index (χ4v) is 2.58. The van der Waals surface area contributed by atoms with Gasteiger partial charge in [-0.25, -0.2) is 13.4 Å². The minimum absolute atomic E-state index is 0.243. The number of hydrogen-bond donors (Lipinski definition) is 1. The number of benzene rings is 1. The van der Waals surface area contributed by atoms with Crippen LogP contribution in [0.25, 0.3) is 0 Å². The van der Waals surface area contributed by atoms with Crippen molar-refractivity contribution >= 4 is 25.8 Å². The van der Waals surface area contributed by atoms with Gasteiger partial charge < -0.3 is 10.5 Å². The Hall–Kier alpha value is -1.44. The average molecular weight is 357 g/mol. The molecule has 0 saturated heterocycles. The van der Waals surface area contributed by atoms with E-state index in [0.29, 0.717) is 18.2 Å². The van der Waals surface area contributed by atoms with Crippen LogP contribution in [0.15, 0.2) is 45.9 Å². The molecule has 20 heavy (non-hydrogen) atoms. The molecule has 2 N–H and O–H groups in total. The van der Waals surface area contributed by atoms with Gasteiger partial charge in [-0.05, 0) is 46.3 Å². The summed E-state index contributed by atoms with van der Waals surface area (Å²) in [6.07, 6.45) is 2.77. The van der Waals surface area contributed by atoms with Gasteiger partial charge in [-0.3, -0.25) is 0 Å². The van der Waals surface area contributed by atoms with Crippen LogP contribution in [0.3, 0.4) is 0 Å². The van der Waals surface area contributed by atoms with Crippen molar-refractivity contribution in [3.05, 3.63) is 46.6 Å².